The molecular weight excluding hydrogens is 172 g/mol. The van der Waals surface area contributed by atoms with Gasteiger partial charge >= 0.3 is 0 Å². The standard InChI is InChI=1S/C12H24N2/c13-9-11-5-7-14(8-6-11)10-12-3-1-2-4-12/h11-12H,1-10,13H2. The van der Waals surface area contributed by atoms with E-state index in [2.05, 4.69) is 4.90 Å². The third kappa shape index (κ3) is 2.71. The fraction of sp³-hybridized carbons (Fsp3) is 1.00. The highest BCUT2D eigenvalue weighted by molar-refractivity contribution is 4.77. The van der Waals surface area contributed by atoms with Gasteiger partial charge in [0, 0.05) is 6.54 Å². The van der Waals surface area contributed by atoms with Gasteiger partial charge in [-0.1, -0.05) is 12.8 Å². The number of nitrogens with two attached hydrogens (primary N) is 1. The number of likely N-dealkylation sites (tertiary alicyclic amines) is 1. The Morgan fingerprint density at radius 1 is 0.929 bits per heavy atom. The van der Waals surface area contributed by atoms with Gasteiger partial charge in [-0.2, -0.15) is 0 Å². The van der Waals surface area contributed by atoms with E-state index in [0.717, 1.165) is 18.4 Å². The molecule has 1 saturated carbocycles. The van der Waals surface area contributed by atoms with Gasteiger partial charge in [-0.05, 0) is 57.2 Å². The topological polar surface area (TPSA) is 29.3 Å². The maximum absolute atomic E-state index is 5.69. The molecule has 1 saturated heterocycles. The lowest BCUT2D eigenvalue weighted by Gasteiger charge is -2.32. The summed E-state index contributed by atoms with van der Waals surface area (Å²) in [5.74, 6) is 1.83. The Bertz CT molecular complexity index is 156. The molecule has 0 bridgehead atoms. The van der Waals surface area contributed by atoms with Crippen LogP contribution in [0.3, 0.4) is 0 Å². The summed E-state index contributed by atoms with van der Waals surface area (Å²) in [6.07, 6.45) is 8.59. The maximum Gasteiger partial charge on any atom is 0.000966 e. The molecule has 82 valence electrons. The first-order valence-corrected chi connectivity index (χ1v) is 6.31. The molecule has 0 aromatic heterocycles. The van der Waals surface area contributed by atoms with E-state index in [0.29, 0.717) is 0 Å². The van der Waals surface area contributed by atoms with E-state index in [1.165, 1.54) is 58.2 Å². The van der Waals surface area contributed by atoms with Crippen molar-refractivity contribution in [2.24, 2.45) is 17.6 Å². The Morgan fingerprint density at radius 2 is 1.57 bits per heavy atom. The first-order chi connectivity index (χ1) is 6.88. The molecule has 0 amide bonds. The Labute approximate surface area is 87.8 Å². The van der Waals surface area contributed by atoms with Crippen molar-refractivity contribution in [3.8, 4) is 0 Å². The SMILES string of the molecule is NCC1CCN(CC2CCCC2)CC1. The molecule has 1 aliphatic heterocycles. The summed E-state index contributed by atoms with van der Waals surface area (Å²) in [6, 6.07) is 0. The lowest BCUT2D eigenvalue weighted by atomic mass is 9.96. The van der Waals surface area contributed by atoms with Crippen LogP contribution in [-0.2, 0) is 0 Å². The van der Waals surface area contributed by atoms with E-state index in [-0.39, 0.29) is 0 Å². The molecule has 1 heterocycles. The van der Waals surface area contributed by atoms with Gasteiger partial charge in [0.1, 0.15) is 0 Å². The molecule has 0 aromatic carbocycles. The van der Waals surface area contributed by atoms with E-state index in [1.807, 2.05) is 0 Å². The van der Waals surface area contributed by atoms with Crippen LogP contribution in [-0.4, -0.2) is 31.1 Å². The van der Waals surface area contributed by atoms with E-state index in [1.54, 1.807) is 0 Å². The minimum absolute atomic E-state index is 0.815. The largest absolute Gasteiger partial charge is 0.330 e. The zero-order chi connectivity index (χ0) is 9.80. The van der Waals surface area contributed by atoms with Crippen molar-refractivity contribution in [2.75, 3.05) is 26.2 Å². The summed E-state index contributed by atoms with van der Waals surface area (Å²) in [4.78, 5) is 2.67. The van der Waals surface area contributed by atoms with Crippen molar-refractivity contribution in [3.05, 3.63) is 0 Å². The van der Waals surface area contributed by atoms with Crippen LogP contribution in [0.2, 0.25) is 0 Å². The average molecular weight is 196 g/mol. The first-order valence-electron chi connectivity index (χ1n) is 6.31. The number of nitrogens with zero attached hydrogens (tertiary/aromatic N) is 1. The van der Waals surface area contributed by atoms with Crippen LogP contribution in [0.25, 0.3) is 0 Å². The second-order valence-corrected chi connectivity index (χ2v) is 5.13. The van der Waals surface area contributed by atoms with E-state index >= 15 is 0 Å². The highest BCUT2D eigenvalue weighted by atomic mass is 15.1. The van der Waals surface area contributed by atoms with Crippen molar-refractivity contribution in [2.45, 2.75) is 38.5 Å². The predicted octanol–water partition coefficient (Wildman–Crippen LogP) is 1.85. The van der Waals surface area contributed by atoms with E-state index in [4.69, 9.17) is 5.73 Å². The highest BCUT2D eigenvalue weighted by Gasteiger charge is 2.22. The second-order valence-electron chi connectivity index (χ2n) is 5.13. The molecule has 2 rings (SSSR count). The molecule has 14 heavy (non-hydrogen) atoms. The fourth-order valence-corrected chi connectivity index (χ4v) is 2.96. The summed E-state index contributed by atoms with van der Waals surface area (Å²) in [5.41, 5.74) is 5.69. The van der Waals surface area contributed by atoms with Crippen LogP contribution in [0.1, 0.15) is 38.5 Å². The lowest BCUT2D eigenvalue weighted by molar-refractivity contribution is 0.164. The fourth-order valence-electron chi connectivity index (χ4n) is 2.96. The zero-order valence-corrected chi connectivity index (χ0v) is 9.25. The Balaban J connectivity index is 1.67. The summed E-state index contributed by atoms with van der Waals surface area (Å²) >= 11 is 0. The van der Waals surface area contributed by atoms with Crippen molar-refractivity contribution in [3.63, 3.8) is 0 Å². The Morgan fingerprint density at radius 3 is 2.14 bits per heavy atom. The molecular formula is C12H24N2. The number of piperidine rings is 1. The monoisotopic (exact) mass is 196 g/mol. The summed E-state index contributed by atoms with van der Waals surface area (Å²) < 4.78 is 0. The Hall–Kier alpha value is -0.0800. The van der Waals surface area contributed by atoms with E-state index < -0.39 is 0 Å². The average Bonchev–Trinajstić information content (AvgIpc) is 2.72. The van der Waals surface area contributed by atoms with Crippen molar-refractivity contribution < 1.29 is 0 Å². The number of hydrogen-bond donors (Lipinski definition) is 1. The quantitative estimate of drug-likeness (QED) is 0.746. The third-order valence-corrected chi connectivity index (χ3v) is 4.03. The van der Waals surface area contributed by atoms with Gasteiger partial charge in [0.25, 0.3) is 0 Å². The molecule has 1 aliphatic carbocycles. The van der Waals surface area contributed by atoms with E-state index in [9.17, 15) is 0 Å². The summed E-state index contributed by atoms with van der Waals surface area (Å²) in [7, 11) is 0. The third-order valence-electron chi connectivity index (χ3n) is 4.03. The van der Waals surface area contributed by atoms with Gasteiger partial charge in [-0.3, -0.25) is 0 Å². The van der Waals surface area contributed by atoms with Gasteiger partial charge in [-0.15, -0.1) is 0 Å². The van der Waals surface area contributed by atoms with Gasteiger partial charge in [0.05, 0.1) is 0 Å². The van der Waals surface area contributed by atoms with Gasteiger partial charge in [0.15, 0.2) is 0 Å². The van der Waals surface area contributed by atoms with Crippen LogP contribution in [0.5, 0.6) is 0 Å². The van der Waals surface area contributed by atoms with Crippen molar-refractivity contribution >= 4 is 0 Å². The van der Waals surface area contributed by atoms with Crippen molar-refractivity contribution in [1.82, 2.24) is 4.90 Å². The first kappa shape index (κ1) is 10.4. The van der Waals surface area contributed by atoms with Crippen LogP contribution in [0.4, 0.5) is 0 Å². The number of hydrogen-bond acceptors (Lipinski definition) is 2. The van der Waals surface area contributed by atoms with Gasteiger partial charge in [-0.25, -0.2) is 0 Å². The van der Waals surface area contributed by atoms with Gasteiger partial charge in [0.2, 0.25) is 0 Å². The minimum atomic E-state index is 0.815. The molecule has 0 unspecified atom stereocenters. The summed E-state index contributed by atoms with van der Waals surface area (Å²) in [6.45, 7) is 4.88. The zero-order valence-electron chi connectivity index (χ0n) is 9.25. The predicted molar refractivity (Wildman–Crippen MR) is 60.2 cm³/mol. The van der Waals surface area contributed by atoms with Gasteiger partial charge < -0.3 is 10.6 Å². The van der Waals surface area contributed by atoms with Crippen LogP contribution < -0.4 is 5.73 Å². The molecule has 2 aliphatic rings. The summed E-state index contributed by atoms with van der Waals surface area (Å²) in [5, 5.41) is 0. The molecule has 2 fully saturated rings. The highest BCUT2D eigenvalue weighted by Crippen LogP contribution is 2.27. The molecule has 0 radical (unpaired) electrons. The van der Waals surface area contributed by atoms with Crippen LogP contribution in [0.15, 0.2) is 0 Å². The smallest absolute Gasteiger partial charge is 0.000966 e. The number of rotatable bonds is 3. The molecule has 2 heteroatoms. The minimum Gasteiger partial charge on any atom is -0.330 e. The Kier molecular flexibility index (Phi) is 3.82. The molecule has 2 N–H and O–H groups in total. The molecule has 0 aromatic rings. The second kappa shape index (κ2) is 5.13. The molecule has 2 nitrogen and oxygen atoms in total. The van der Waals surface area contributed by atoms with Crippen LogP contribution >= 0.6 is 0 Å². The molecule has 0 spiro atoms. The van der Waals surface area contributed by atoms with Crippen LogP contribution in [0, 0.1) is 11.8 Å². The van der Waals surface area contributed by atoms with Crippen molar-refractivity contribution in [1.29, 1.82) is 0 Å². The lowest BCUT2D eigenvalue weighted by Crippen LogP contribution is -2.38. The molecule has 0 atom stereocenters. The normalized spacial score (nSPS) is 27.2. The maximum atomic E-state index is 5.69.